The number of halogens is 1. The largest absolute Gasteiger partial charge is 0.378 e. The third-order valence-electron chi connectivity index (χ3n) is 2.62. The molecule has 1 saturated heterocycles. The third kappa shape index (κ3) is 2.98. The summed E-state index contributed by atoms with van der Waals surface area (Å²) in [6.45, 7) is 2.53. The molecular formula is C13H13BrN2O2. The van der Waals surface area contributed by atoms with E-state index < -0.39 is 0 Å². The number of ketones is 1. The fourth-order valence-corrected chi connectivity index (χ4v) is 1.91. The number of rotatable bonds is 2. The number of carbonyl (C=O) groups is 2. The third-order valence-corrected chi connectivity index (χ3v) is 3.15. The Labute approximate surface area is 114 Å². The standard InChI is InChI=1S/C13H13BrN2O2/c1-8-7-15-11(13(18)16-8)6-12(17)9-2-4-10(14)5-3-9/h2-6,8,15H,7H2,1H3,(H,16,18). The van der Waals surface area contributed by atoms with E-state index in [2.05, 4.69) is 26.6 Å². The molecule has 1 unspecified atom stereocenters. The Morgan fingerprint density at radius 2 is 2.06 bits per heavy atom. The van der Waals surface area contributed by atoms with Gasteiger partial charge in [-0.1, -0.05) is 15.9 Å². The lowest BCUT2D eigenvalue weighted by atomic mass is 10.1. The molecule has 1 aromatic carbocycles. The number of carbonyl (C=O) groups excluding carboxylic acids is 2. The molecule has 94 valence electrons. The van der Waals surface area contributed by atoms with Gasteiger partial charge in [0.25, 0.3) is 5.91 Å². The number of nitrogens with one attached hydrogen (secondary N) is 2. The van der Waals surface area contributed by atoms with Crippen LogP contribution < -0.4 is 10.6 Å². The molecule has 0 aliphatic carbocycles. The number of piperazine rings is 1. The minimum atomic E-state index is -0.237. The van der Waals surface area contributed by atoms with Crippen molar-refractivity contribution in [1.29, 1.82) is 0 Å². The lowest BCUT2D eigenvalue weighted by Gasteiger charge is -2.23. The van der Waals surface area contributed by atoms with Crippen LogP contribution in [0, 0.1) is 0 Å². The van der Waals surface area contributed by atoms with E-state index >= 15 is 0 Å². The summed E-state index contributed by atoms with van der Waals surface area (Å²) in [5.41, 5.74) is 0.875. The van der Waals surface area contributed by atoms with Crippen LogP contribution >= 0.6 is 15.9 Å². The average molecular weight is 309 g/mol. The van der Waals surface area contributed by atoms with Gasteiger partial charge in [0.2, 0.25) is 0 Å². The van der Waals surface area contributed by atoms with Crippen molar-refractivity contribution in [2.45, 2.75) is 13.0 Å². The van der Waals surface area contributed by atoms with Crippen LogP contribution in [0.25, 0.3) is 0 Å². The molecule has 0 radical (unpaired) electrons. The number of hydrogen-bond donors (Lipinski definition) is 2. The lowest BCUT2D eigenvalue weighted by molar-refractivity contribution is -0.119. The van der Waals surface area contributed by atoms with Crippen molar-refractivity contribution in [2.24, 2.45) is 0 Å². The Balaban J connectivity index is 2.15. The summed E-state index contributed by atoms with van der Waals surface area (Å²) >= 11 is 3.31. The minimum Gasteiger partial charge on any atom is -0.378 e. The zero-order valence-corrected chi connectivity index (χ0v) is 11.5. The van der Waals surface area contributed by atoms with Crippen molar-refractivity contribution in [3.63, 3.8) is 0 Å². The number of amides is 1. The first kappa shape index (κ1) is 12.8. The van der Waals surface area contributed by atoms with Crippen LogP contribution in [0.2, 0.25) is 0 Å². The van der Waals surface area contributed by atoms with Gasteiger partial charge in [-0.25, -0.2) is 0 Å². The van der Waals surface area contributed by atoms with Crippen LogP contribution in [-0.2, 0) is 4.79 Å². The Kier molecular flexibility index (Phi) is 3.81. The molecule has 1 aliphatic rings. The van der Waals surface area contributed by atoms with Gasteiger partial charge >= 0.3 is 0 Å². The highest BCUT2D eigenvalue weighted by Crippen LogP contribution is 2.12. The van der Waals surface area contributed by atoms with Crippen molar-refractivity contribution in [3.05, 3.63) is 46.1 Å². The summed E-state index contributed by atoms with van der Waals surface area (Å²) in [5.74, 6) is -0.422. The predicted molar refractivity (Wildman–Crippen MR) is 72.2 cm³/mol. The van der Waals surface area contributed by atoms with E-state index in [0.29, 0.717) is 17.8 Å². The maximum atomic E-state index is 11.9. The van der Waals surface area contributed by atoms with Crippen LogP contribution in [-0.4, -0.2) is 24.3 Å². The second-order valence-electron chi connectivity index (χ2n) is 4.18. The van der Waals surface area contributed by atoms with Crippen molar-refractivity contribution in [1.82, 2.24) is 10.6 Å². The fourth-order valence-electron chi connectivity index (χ4n) is 1.64. The molecule has 1 atom stereocenters. The van der Waals surface area contributed by atoms with Crippen molar-refractivity contribution in [2.75, 3.05) is 6.54 Å². The van der Waals surface area contributed by atoms with E-state index in [-0.39, 0.29) is 17.7 Å². The predicted octanol–water partition coefficient (Wildman–Crippen LogP) is 1.62. The topological polar surface area (TPSA) is 58.2 Å². The van der Waals surface area contributed by atoms with Gasteiger partial charge in [0, 0.05) is 28.7 Å². The monoisotopic (exact) mass is 308 g/mol. The SMILES string of the molecule is CC1CNC(=CC(=O)c2ccc(Br)cc2)C(=O)N1. The summed E-state index contributed by atoms with van der Waals surface area (Å²) in [5, 5.41) is 5.72. The molecule has 1 amide bonds. The Morgan fingerprint density at radius 1 is 1.39 bits per heavy atom. The number of benzene rings is 1. The molecule has 2 rings (SSSR count). The molecular weight excluding hydrogens is 296 g/mol. The Bertz CT molecular complexity index is 508. The maximum Gasteiger partial charge on any atom is 0.267 e. The molecule has 0 spiro atoms. The molecule has 1 heterocycles. The fraction of sp³-hybridized carbons (Fsp3) is 0.231. The second-order valence-corrected chi connectivity index (χ2v) is 5.10. The Morgan fingerprint density at radius 3 is 2.67 bits per heavy atom. The summed E-state index contributed by atoms with van der Waals surface area (Å²) < 4.78 is 0.911. The van der Waals surface area contributed by atoms with Crippen LogP contribution in [0.3, 0.4) is 0 Å². The van der Waals surface area contributed by atoms with E-state index in [9.17, 15) is 9.59 Å². The van der Waals surface area contributed by atoms with Crippen molar-refractivity contribution < 1.29 is 9.59 Å². The smallest absolute Gasteiger partial charge is 0.267 e. The van der Waals surface area contributed by atoms with Gasteiger partial charge in [0.05, 0.1) is 0 Å². The number of allylic oxidation sites excluding steroid dienone is 1. The van der Waals surface area contributed by atoms with Gasteiger partial charge in [-0.05, 0) is 31.2 Å². The van der Waals surface area contributed by atoms with E-state index in [1.807, 2.05) is 6.92 Å². The molecule has 0 aromatic heterocycles. The number of hydrogen-bond acceptors (Lipinski definition) is 3. The molecule has 1 aromatic rings. The zero-order chi connectivity index (χ0) is 13.1. The van der Waals surface area contributed by atoms with Crippen molar-refractivity contribution >= 4 is 27.6 Å². The minimum absolute atomic E-state index is 0.0810. The quantitative estimate of drug-likeness (QED) is 0.645. The van der Waals surface area contributed by atoms with E-state index in [1.54, 1.807) is 24.3 Å². The van der Waals surface area contributed by atoms with Crippen LogP contribution in [0.5, 0.6) is 0 Å². The molecule has 0 saturated carbocycles. The first-order chi connectivity index (χ1) is 8.56. The van der Waals surface area contributed by atoms with E-state index in [4.69, 9.17) is 0 Å². The van der Waals surface area contributed by atoms with Gasteiger partial charge in [-0.3, -0.25) is 9.59 Å². The molecule has 0 bridgehead atoms. The van der Waals surface area contributed by atoms with Gasteiger partial charge in [0.1, 0.15) is 5.70 Å². The summed E-state index contributed by atoms with van der Waals surface area (Å²) in [6, 6.07) is 7.10. The van der Waals surface area contributed by atoms with Crippen LogP contribution in [0.15, 0.2) is 40.5 Å². The first-order valence-electron chi connectivity index (χ1n) is 5.62. The molecule has 1 aliphatic heterocycles. The first-order valence-corrected chi connectivity index (χ1v) is 6.42. The average Bonchev–Trinajstić information content (AvgIpc) is 2.33. The van der Waals surface area contributed by atoms with Crippen molar-refractivity contribution in [3.8, 4) is 0 Å². The van der Waals surface area contributed by atoms with Gasteiger partial charge < -0.3 is 10.6 Å². The highest BCUT2D eigenvalue weighted by atomic mass is 79.9. The van der Waals surface area contributed by atoms with Gasteiger partial charge in [-0.15, -0.1) is 0 Å². The Hall–Kier alpha value is -1.62. The maximum absolute atomic E-state index is 11.9. The lowest BCUT2D eigenvalue weighted by Crippen LogP contribution is -2.49. The van der Waals surface area contributed by atoms with E-state index in [1.165, 1.54) is 6.08 Å². The zero-order valence-electron chi connectivity index (χ0n) is 9.87. The van der Waals surface area contributed by atoms with Crippen LogP contribution in [0.4, 0.5) is 0 Å². The molecule has 2 N–H and O–H groups in total. The summed E-state index contributed by atoms with van der Waals surface area (Å²) in [6.07, 6.45) is 1.34. The van der Waals surface area contributed by atoms with E-state index in [0.717, 1.165) is 4.47 Å². The highest BCUT2D eigenvalue weighted by molar-refractivity contribution is 9.10. The van der Waals surface area contributed by atoms with Crippen LogP contribution in [0.1, 0.15) is 17.3 Å². The second kappa shape index (κ2) is 5.35. The van der Waals surface area contributed by atoms with Gasteiger partial charge in [0.15, 0.2) is 5.78 Å². The summed E-state index contributed by atoms with van der Waals surface area (Å²) in [4.78, 5) is 23.6. The molecule has 18 heavy (non-hydrogen) atoms. The van der Waals surface area contributed by atoms with Gasteiger partial charge in [-0.2, -0.15) is 0 Å². The normalized spacial score (nSPS) is 21.3. The molecule has 1 fully saturated rings. The highest BCUT2D eigenvalue weighted by Gasteiger charge is 2.19. The molecule has 5 heteroatoms. The summed E-state index contributed by atoms with van der Waals surface area (Å²) in [7, 11) is 0. The molecule has 4 nitrogen and oxygen atoms in total.